The molecule has 0 aliphatic carbocycles. The number of halogens is 4. The molecule has 0 aromatic heterocycles. The van der Waals surface area contributed by atoms with Gasteiger partial charge in [-0.1, -0.05) is 25.3 Å². The molecule has 1 aromatic rings. The van der Waals surface area contributed by atoms with E-state index < -0.39 is 29.0 Å². The molecule has 6 heteroatoms. The Morgan fingerprint density at radius 2 is 1.57 bits per heavy atom. The maximum atomic E-state index is 14.0. The highest BCUT2D eigenvalue weighted by molar-refractivity contribution is 5.94. The minimum Gasteiger partial charge on any atom is -0.339 e. The summed E-state index contributed by atoms with van der Waals surface area (Å²) in [6.45, 7) is 0.934. The van der Waals surface area contributed by atoms with Gasteiger partial charge in [0.2, 0.25) is 0 Å². The van der Waals surface area contributed by atoms with E-state index in [0.29, 0.717) is 19.2 Å². The number of likely N-dealkylation sites (tertiary alicyclic amines) is 1. The van der Waals surface area contributed by atoms with E-state index in [1.165, 1.54) is 4.90 Å². The van der Waals surface area contributed by atoms with Crippen LogP contribution in [0.25, 0.3) is 0 Å². The van der Waals surface area contributed by atoms with Crippen LogP contribution in [0.4, 0.5) is 17.6 Å². The summed E-state index contributed by atoms with van der Waals surface area (Å²) in [4.78, 5) is 13.7. The highest BCUT2D eigenvalue weighted by Crippen LogP contribution is 2.32. The Balaban J connectivity index is 2.26. The topological polar surface area (TPSA) is 20.3 Å². The van der Waals surface area contributed by atoms with Crippen LogP contribution in [-0.4, -0.2) is 23.9 Å². The zero-order valence-corrected chi connectivity index (χ0v) is 11.5. The van der Waals surface area contributed by atoms with Gasteiger partial charge in [-0.05, 0) is 25.0 Å². The number of hydrogen-bond acceptors (Lipinski definition) is 1. The molecule has 0 bridgehead atoms. The van der Waals surface area contributed by atoms with Gasteiger partial charge in [-0.2, -0.15) is 13.2 Å². The Morgan fingerprint density at radius 1 is 1.00 bits per heavy atom. The molecule has 0 N–H and O–H groups in total. The number of alkyl halides is 3. The third-order valence-corrected chi connectivity index (χ3v) is 3.68. The van der Waals surface area contributed by atoms with Gasteiger partial charge < -0.3 is 4.90 Å². The molecule has 0 atom stereocenters. The summed E-state index contributed by atoms with van der Waals surface area (Å²) in [7, 11) is 0. The second-order valence-electron chi connectivity index (χ2n) is 5.22. The zero-order chi connectivity index (χ0) is 15.5. The Bertz CT molecular complexity index is 505. The Hall–Kier alpha value is -1.59. The quantitative estimate of drug-likeness (QED) is 0.710. The minimum atomic E-state index is -4.79. The Kier molecular flexibility index (Phi) is 4.85. The average Bonchev–Trinajstić information content (AvgIpc) is 2.36. The van der Waals surface area contributed by atoms with Crippen LogP contribution in [-0.2, 0) is 6.18 Å². The van der Waals surface area contributed by atoms with Crippen LogP contribution in [0.5, 0.6) is 0 Å². The molecule has 2 rings (SSSR count). The smallest absolute Gasteiger partial charge is 0.339 e. The lowest BCUT2D eigenvalue weighted by Crippen LogP contribution is -2.34. The van der Waals surface area contributed by atoms with Crippen molar-refractivity contribution in [3.8, 4) is 0 Å². The fourth-order valence-electron chi connectivity index (χ4n) is 2.54. The lowest BCUT2D eigenvalue weighted by Gasteiger charge is -2.25. The molecule has 1 heterocycles. The van der Waals surface area contributed by atoms with E-state index in [-0.39, 0.29) is 0 Å². The summed E-state index contributed by atoms with van der Waals surface area (Å²) in [5.41, 5.74) is -1.88. The summed E-state index contributed by atoms with van der Waals surface area (Å²) in [6, 6.07) is 2.84. The van der Waals surface area contributed by atoms with E-state index in [1.807, 2.05) is 0 Å². The molecule has 21 heavy (non-hydrogen) atoms. The van der Waals surface area contributed by atoms with Crippen molar-refractivity contribution in [2.45, 2.75) is 38.3 Å². The molecule has 0 radical (unpaired) electrons. The first-order chi connectivity index (χ1) is 9.91. The van der Waals surface area contributed by atoms with Gasteiger partial charge in [-0.15, -0.1) is 0 Å². The van der Waals surface area contributed by atoms with Crippen molar-refractivity contribution in [2.24, 2.45) is 0 Å². The molecule has 1 aliphatic rings. The lowest BCUT2D eigenvalue weighted by molar-refractivity contribution is -0.140. The van der Waals surface area contributed by atoms with Gasteiger partial charge in [0.25, 0.3) is 5.91 Å². The molecule has 1 aliphatic heterocycles. The lowest BCUT2D eigenvalue weighted by atomic mass is 10.1. The predicted molar refractivity (Wildman–Crippen MR) is 70.4 cm³/mol. The fourth-order valence-corrected chi connectivity index (χ4v) is 2.54. The number of rotatable bonds is 1. The number of carbonyl (C=O) groups is 1. The van der Waals surface area contributed by atoms with E-state index in [1.54, 1.807) is 0 Å². The molecule has 0 unspecified atom stereocenters. The molecule has 1 fully saturated rings. The summed E-state index contributed by atoms with van der Waals surface area (Å²) in [6.07, 6.45) is -0.140. The standard InChI is InChI=1S/C15H17F4NO/c16-13-11(7-6-8-12(13)15(17,18)19)14(21)20-9-4-2-1-3-5-10-20/h6-8H,1-5,9-10H2. The molecule has 1 saturated heterocycles. The van der Waals surface area contributed by atoms with E-state index in [4.69, 9.17) is 0 Å². The van der Waals surface area contributed by atoms with Gasteiger partial charge in [0.05, 0.1) is 11.1 Å². The van der Waals surface area contributed by atoms with Crippen molar-refractivity contribution in [2.75, 3.05) is 13.1 Å². The van der Waals surface area contributed by atoms with Crippen molar-refractivity contribution in [3.63, 3.8) is 0 Å². The Morgan fingerprint density at radius 3 is 2.14 bits per heavy atom. The molecule has 116 valence electrons. The normalized spacial score (nSPS) is 17.2. The van der Waals surface area contributed by atoms with Crippen LogP contribution in [0.2, 0.25) is 0 Å². The highest BCUT2D eigenvalue weighted by atomic mass is 19.4. The van der Waals surface area contributed by atoms with Crippen LogP contribution < -0.4 is 0 Å². The molecular weight excluding hydrogens is 286 g/mol. The van der Waals surface area contributed by atoms with Gasteiger partial charge >= 0.3 is 6.18 Å². The molecule has 0 spiro atoms. The number of amides is 1. The maximum Gasteiger partial charge on any atom is 0.419 e. The fraction of sp³-hybridized carbons (Fsp3) is 0.533. The van der Waals surface area contributed by atoms with Crippen molar-refractivity contribution >= 4 is 5.91 Å². The van der Waals surface area contributed by atoms with Crippen LogP contribution >= 0.6 is 0 Å². The third kappa shape index (κ3) is 3.74. The largest absolute Gasteiger partial charge is 0.419 e. The average molecular weight is 303 g/mol. The number of hydrogen-bond donors (Lipinski definition) is 0. The minimum absolute atomic E-state index is 0.467. The summed E-state index contributed by atoms with van der Waals surface area (Å²) < 4.78 is 52.1. The summed E-state index contributed by atoms with van der Waals surface area (Å²) in [5.74, 6) is -2.13. The first-order valence-corrected chi connectivity index (χ1v) is 7.06. The van der Waals surface area contributed by atoms with Crippen molar-refractivity contribution in [1.29, 1.82) is 0 Å². The van der Waals surface area contributed by atoms with Gasteiger partial charge in [-0.25, -0.2) is 4.39 Å². The van der Waals surface area contributed by atoms with Crippen molar-refractivity contribution in [1.82, 2.24) is 4.90 Å². The second kappa shape index (κ2) is 6.45. The molecule has 2 nitrogen and oxygen atoms in total. The molecule has 1 amide bonds. The predicted octanol–water partition coefficient (Wildman–Crippen LogP) is 4.25. The van der Waals surface area contributed by atoms with Crippen LogP contribution in [0.1, 0.15) is 48.0 Å². The van der Waals surface area contributed by atoms with Gasteiger partial charge in [0, 0.05) is 13.1 Å². The van der Waals surface area contributed by atoms with E-state index >= 15 is 0 Å². The van der Waals surface area contributed by atoms with E-state index in [2.05, 4.69) is 0 Å². The number of nitrogens with zero attached hydrogens (tertiary/aromatic N) is 1. The van der Waals surface area contributed by atoms with Gasteiger partial charge in [0.15, 0.2) is 0 Å². The maximum absolute atomic E-state index is 14.0. The second-order valence-corrected chi connectivity index (χ2v) is 5.22. The van der Waals surface area contributed by atoms with E-state index in [0.717, 1.165) is 44.2 Å². The number of carbonyl (C=O) groups excluding carboxylic acids is 1. The van der Waals surface area contributed by atoms with Crippen LogP contribution in [0, 0.1) is 5.82 Å². The van der Waals surface area contributed by atoms with Gasteiger partial charge in [0.1, 0.15) is 5.82 Å². The molecule has 1 aromatic carbocycles. The highest BCUT2D eigenvalue weighted by Gasteiger charge is 2.36. The monoisotopic (exact) mass is 303 g/mol. The number of benzene rings is 1. The SMILES string of the molecule is O=C(c1cccc(C(F)(F)F)c1F)N1CCCCCCC1. The van der Waals surface area contributed by atoms with Crippen molar-refractivity contribution < 1.29 is 22.4 Å². The van der Waals surface area contributed by atoms with Crippen molar-refractivity contribution in [3.05, 3.63) is 35.1 Å². The summed E-state index contributed by atoms with van der Waals surface area (Å²) in [5, 5.41) is 0. The van der Waals surface area contributed by atoms with Crippen LogP contribution in [0.3, 0.4) is 0 Å². The first kappa shape index (κ1) is 15.8. The Labute approximate surface area is 120 Å². The van der Waals surface area contributed by atoms with Crippen LogP contribution in [0.15, 0.2) is 18.2 Å². The summed E-state index contributed by atoms with van der Waals surface area (Å²) >= 11 is 0. The van der Waals surface area contributed by atoms with E-state index in [9.17, 15) is 22.4 Å². The first-order valence-electron chi connectivity index (χ1n) is 7.06. The van der Waals surface area contributed by atoms with Gasteiger partial charge in [-0.3, -0.25) is 4.79 Å². The molecular formula is C15H17F4NO. The molecule has 0 saturated carbocycles. The third-order valence-electron chi connectivity index (χ3n) is 3.68. The zero-order valence-electron chi connectivity index (χ0n) is 11.5.